The molecule has 1 spiro atoms. The van der Waals surface area contributed by atoms with Crippen molar-refractivity contribution >= 4 is 15.9 Å². The summed E-state index contributed by atoms with van der Waals surface area (Å²) in [6.07, 6.45) is 18.5. The maximum atomic E-state index is 6.27. The van der Waals surface area contributed by atoms with Crippen LogP contribution in [-0.4, -0.2) is 17.5 Å². The van der Waals surface area contributed by atoms with Gasteiger partial charge in [0.1, 0.15) is 0 Å². The van der Waals surface area contributed by atoms with E-state index in [0.29, 0.717) is 11.5 Å². The molecule has 2 aliphatic rings. The molecular weight excluding hydrogens is 312 g/mol. The number of ether oxygens (including phenoxy) is 1. The van der Waals surface area contributed by atoms with Gasteiger partial charge in [0.05, 0.1) is 6.10 Å². The van der Waals surface area contributed by atoms with E-state index in [1.165, 1.54) is 83.5 Å². The van der Waals surface area contributed by atoms with E-state index in [1.807, 2.05) is 0 Å². The largest absolute Gasteiger partial charge is 0.378 e. The first-order chi connectivity index (χ1) is 9.79. The molecule has 0 N–H and O–H groups in total. The third kappa shape index (κ3) is 4.22. The molecule has 2 atom stereocenters. The van der Waals surface area contributed by atoms with Crippen molar-refractivity contribution in [2.45, 2.75) is 101 Å². The van der Waals surface area contributed by atoms with Gasteiger partial charge in [-0.3, -0.25) is 0 Å². The van der Waals surface area contributed by atoms with Gasteiger partial charge in [-0.1, -0.05) is 80.6 Å². The van der Waals surface area contributed by atoms with E-state index in [-0.39, 0.29) is 0 Å². The lowest BCUT2D eigenvalue weighted by Gasteiger charge is -2.53. The van der Waals surface area contributed by atoms with Crippen LogP contribution in [0.2, 0.25) is 0 Å². The average Bonchev–Trinajstić information content (AvgIpc) is 2.73. The lowest BCUT2D eigenvalue weighted by molar-refractivity contribution is -0.112. The first-order valence-electron chi connectivity index (χ1n) is 9.05. The highest BCUT2D eigenvalue weighted by atomic mass is 79.9. The second-order valence-electron chi connectivity index (χ2n) is 6.98. The summed E-state index contributed by atoms with van der Waals surface area (Å²) in [6.45, 7) is 3.28. The summed E-state index contributed by atoms with van der Waals surface area (Å²) in [4.78, 5) is 0.725. The number of rotatable bonds is 8. The molecule has 1 nitrogen and oxygen atoms in total. The summed E-state index contributed by atoms with van der Waals surface area (Å²) < 4.78 is 6.27. The van der Waals surface area contributed by atoms with Crippen molar-refractivity contribution in [3.8, 4) is 0 Å². The molecule has 20 heavy (non-hydrogen) atoms. The third-order valence-corrected chi connectivity index (χ3v) is 6.82. The summed E-state index contributed by atoms with van der Waals surface area (Å²) in [6, 6.07) is 0. The van der Waals surface area contributed by atoms with Gasteiger partial charge in [0.2, 0.25) is 0 Å². The van der Waals surface area contributed by atoms with Gasteiger partial charge in [-0.05, 0) is 25.7 Å². The second kappa shape index (κ2) is 8.78. The van der Waals surface area contributed by atoms with E-state index >= 15 is 0 Å². The van der Waals surface area contributed by atoms with Crippen LogP contribution in [0, 0.1) is 5.41 Å². The van der Waals surface area contributed by atoms with E-state index in [4.69, 9.17) is 4.74 Å². The Morgan fingerprint density at radius 3 is 2.25 bits per heavy atom. The zero-order valence-electron chi connectivity index (χ0n) is 13.3. The smallest absolute Gasteiger partial charge is 0.0652 e. The van der Waals surface area contributed by atoms with Crippen LogP contribution in [0.15, 0.2) is 0 Å². The molecule has 0 aromatic rings. The maximum absolute atomic E-state index is 6.27. The first-order valence-corrected chi connectivity index (χ1v) is 9.97. The molecular formula is C18H33BrO. The highest BCUT2D eigenvalue weighted by Crippen LogP contribution is 2.55. The minimum atomic E-state index is 0.499. The van der Waals surface area contributed by atoms with Crippen LogP contribution in [-0.2, 0) is 4.74 Å². The molecule has 0 heterocycles. The molecule has 0 saturated heterocycles. The Balaban J connectivity index is 1.63. The Bertz CT molecular complexity index is 258. The molecule has 2 saturated carbocycles. The van der Waals surface area contributed by atoms with Crippen LogP contribution >= 0.6 is 15.9 Å². The molecule has 2 unspecified atom stereocenters. The molecule has 0 radical (unpaired) electrons. The summed E-state index contributed by atoms with van der Waals surface area (Å²) in [5.74, 6) is 0. The zero-order chi connectivity index (χ0) is 14.3. The fourth-order valence-corrected chi connectivity index (χ4v) is 5.15. The van der Waals surface area contributed by atoms with Crippen LogP contribution < -0.4 is 0 Å². The van der Waals surface area contributed by atoms with Crippen LogP contribution in [0.3, 0.4) is 0 Å². The average molecular weight is 345 g/mol. The molecule has 0 aromatic carbocycles. The molecule has 2 rings (SSSR count). The van der Waals surface area contributed by atoms with Gasteiger partial charge in [-0.2, -0.15) is 0 Å². The molecule has 2 aliphatic carbocycles. The summed E-state index contributed by atoms with van der Waals surface area (Å²) >= 11 is 3.93. The molecule has 0 amide bonds. The van der Waals surface area contributed by atoms with Gasteiger partial charge >= 0.3 is 0 Å². The quantitative estimate of drug-likeness (QED) is 0.374. The number of hydrogen-bond acceptors (Lipinski definition) is 1. The highest BCUT2D eigenvalue weighted by Gasteiger charge is 2.53. The Hall–Kier alpha value is 0.440. The van der Waals surface area contributed by atoms with Gasteiger partial charge in [0.25, 0.3) is 0 Å². The monoisotopic (exact) mass is 344 g/mol. The maximum Gasteiger partial charge on any atom is 0.0652 e. The second-order valence-corrected chi connectivity index (χ2v) is 8.08. The van der Waals surface area contributed by atoms with Crippen molar-refractivity contribution < 1.29 is 4.74 Å². The predicted molar refractivity (Wildman–Crippen MR) is 90.6 cm³/mol. The third-order valence-electron chi connectivity index (χ3n) is 5.54. The number of hydrogen-bond donors (Lipinski definition) is 0. The SMILES string of the molecule is CCCCCCCCOC1CC(Br)C12CCCCCC2. The van der Waals surface area contributed by atoms with Crippen molar-refractivity contribution in [1.82, 2.24) is 0 Å². The van der Waals surface area contributed by atoms with Crippen LogP contribution in [0.5, 0.6) is 0 Å². The van der Waals surface area contributed by atoms with Gasteiger partial charge in [-0.15, -0.1) is 0 Å². The van der Waals surface area contributed by atoms with E-state index in [2.05, 4.69) is 22.9 Å². The number of alkyl halides is 1. The standard InChI is InChI=1S/C18H33BrO/c1-2-3-4-5-8-11-14-20-17-15-16(19)18(17)12-9-6-7-10-13-18/h16-17H,2-15H2,1H3. The van der Waals surface area contributed by atoms with Crippen LogP contribution in [0.1, 0.15) is 90.4 Å². The van der Waals surface area contributed by atoms with Crippen LogP contribution in [0.4, 0.5) is 0 Å². The topological polar surface area (TPSA) is 9.23 Å². The van der Waals surface area contributed by atoms with E-state index in [0.717, 1.165) is 11.4 Å². The van der Waals surface area contributed by atoms with Crippen molar-refractivity contribution in [3.63, 3.8) is 0 Å². The summed E-state index contributed by atoms with van der Waals surface area (Å²) in [5.41, 5.74) is 0.499. The van der Waals surface area contributed by atoms with Crippen molar-refractivity contribution in [3.05, 3.63) is 0 Å². The van der Waals surface area contributed by atoms with Gasteiger partial charge in [-0.25, -0.2) is 0 Å². The molecule has 2 heteroatoms. The van der Waals surface area contributed by atoms with Gasteiger partial charge in [0.15, 0.2) is 0 Å². The Labute approximate surface area is 134 Å². The normalized spacial score (nSPS) is 29.1. The van der Waals surface area contributed by atoms with Crippen LogP contribution in [0.25, 0.3) is 0 Å². The number of halogens is 1. The number of unbranched alkanes of at least 4 members (excludes halogenated alkanes) is 5. The fraction of sp³-hybridized carbons (Fsp3) is 1.00. The van der Waals surface area contributed by atoms with E-state index < -0.39 is 0 Å². The Kier molecular flexibility index (Phi) is 7.38. The summed E-state index contributed by atoms with van der Waals surface area (Å²) in [7, 11) is 0. The molecule has 0 aliphatic heterocycles. The molecule has 118 valence electrons. The van der Waals surface area contributed by atoms with E-state index in [9.17, 15) is 0 Å². The first kappa shape index (κ1) is 16.8. The van der Waals surface area contributed by atoms with Crippen molar-refractivity contribution in [2.75, 3.05) is 6.61 Å². The Morgan fingerprint density at radius 2 is 1.60 bits per heavy atom. The predicted octanol–water partition coefficient (Wildman–Crippen LogP) is 6.24. The fourth-order valence-electron chi connectivity index (χ4n) is 4.06. The lowest BCUT2D eigenvalue weighted by Crippen LogP contribution is -2.55. The van der Waals surface area contributed by atoms with Gasteiger partial charge < -0.3 is 4.74 Å². The Morgan fingerprint density at radius 1 is 0.950 bits per heavy atom. The van der Waals surface area contributed by atoms with Crippen molar-refractivity contribution in [1.29, 1.82) is 0 Å². The minimum Gasteiger partial charge on any atom is -0.378 e. The van der Waals surface area contributed by atoms with E-state index in [1.54, 1.807) is 0 Å². The minimum absolute atomic E-state index is 0.499. The van der Waals surface area contributed by atoms with Crippen molar-refractivity contribution in [2.24, 2.45) is 5.41 Å². The highest BCUT2D eigenvalue weighted by molar-refractivity contribution is 9.09. The summed E-state index contributed by atoms with van der Waals surface area (Å²) in [5, 5.41) is 0. The molecule has 0 aromatic heterocycles. The lowest BCUT2D eigenvalue weighted by atomic mass is 9.61. The zero-order valence-corrected chi connectivity index (χ0v) is 14.9. The molecule has 0 bridgehead atoms. The van der Waals surface area contributed by atoms with Gasteiger partial charge in [0, 0.05) is 16.8 Å². The molecule has 2 fully saturated rings.